The molecule has 0 amide bonds. The van der Waals surface area contributed by atoms with Crippen molar-refractivity contribution in [3.05, 3.63) is 10.9 Å². The Morgan fingerprint density at radius 2 is 2.15 bits per heavy atom. The summed E-state index contributed by atoms with van der Waals surface area (Å²) in [5, 5.41) is 13.6. The Balaban J connectivity index is 2.41. The van der Waals surface area contributed by atoms with Gasteiger partial charge in [-0.15, -0.1) is 11.3 Å². The minimum atomic E-state index is 0.105. The molecule has 0 aliphatic carbocycles. The molecule has 0 aliphatic heterocycles. The van der Waals surface area contributed by atoms with Gasteiger partial charge >= 0.3 is 0 Å². The van der Waals surface area contributed by atoms with Gasteiger partial charge in [0.15, 0.2) is 0 Å². The number of aliphatic hydroxyl groups is 1. The fraction of sp³-hybridized carbons (Fsp3) is 0.538. The van der Waals surface area contributed by atoms with Crippen molar-refractivity contribution in [3.8, 4) is 0 Å². The molecule has 110 valence electrons. The summed E-state index contributed by atoms with van der Waals surface area (Å²) >= 11 is 1.65. The van der Waals surface area contributed by atoms with Crippen LogP contribution < -0.4 is 16.6 Å². The van der Waals surface area contributed by atoms with Crippen LogP contribution in [0.3, 0.4) is 0 Å². The highest BCUT2D eigenvalue weighted by atomic mass is 32.1. The van der Waals surface area contributed by atoms with Crippen LogP contribution in [0.5, 0.6) is 0 Å². The zero-order valence-electron chi connectivity index (χ0n) is 12.0. The largest absolute Gasteiger partial charge is 0.396 e. The predicted molar refractivity (Wildman–Crippen MR) is 83.9 cm³/mol. The predicted octanol–water partition coefficient (Wildman–Crippen LogP) is 1.97. The number of fused-ring (bicyclic) bond motifs is 1. The number of aromatic nitrogens is 2. The Bertz CT molecular complexity index is 585. The number of aliphatic hydroxyl groups excluding tert-OH is 1. The van der Waals surface area contributed by atoms with Crippen LogP contribution >= 0.6 is 11.3 Å². The molecule has 7 heteroatoms. The van der Waals surface area contributed by atoms with Crippen molar-refractivity contribution < 1.29 is 5.11 Å². The normalized spacial score (nSPS) is 14.2. The number of aryl methyl sites for hydroxylation is 1. The van der Waals surface area contributed by atoms with Gasteiger partial charge in [0, 0.05) is 17.5 Å². The number of thiophene rings is 1. The van der Waals surface area contributed by atoms with Crippen LogP contribution in [0.15, 0.2) is 6.07 Å². The monoisotopic (exact) mass is 295 g/mol. The maximum atomic E-state index is 9.24. The molecule has 2 rings (SSSR count). The van der Waals surface area contributed by atoms with Crippen LogP contribution in [-0.2, 0) is 6.42 Å². The maximum Gasteiger partial charge on any atom is 0.240 e. The van der Waals surface area contributed by atoms with Gasteiger partial charge in [-0.3, -0.25) is 5.43 Å². The number of nitrogens with zero attached hydrogens (tertiary/aromatic N) is 2. The van der Waals surface area contributed by atoms with Crippen LogP contribution in [0, 0.1) is 5.92 Å². The van der Waals surface area contributed by atoms with Gasteiger partial charge in [0.05, 0.1) is 5.39 Å². The lowest BCUT2D eigenvalue weighted by Crippen LogP contribution is -2.27. The number of nitrogen functional groups attached to an aromatic ring is 1. The van der Waals surface area contributed by atoms with Crippen LogP contribution in [0.1, 0.15) is 25.6 Å². The van der Waals surface area contributed by atoms with Crippen molar-refractivity contribution >= 4 is 33.3 Å². The molecule has 2 heterocycles. The van der Waals surface area contributed by atoms with E-state index in [0.29, 0.717) is 5.95 Å². The van der Waals surface area contributed by atoms with Gasteiger partial charge in [-0.25, -0.2) is 10.8 Å². The smallest absolute Gasteiger partial charge is 0.240 e. The van der Waals surface area contributed by atoms with Crippen molar-refractivity contribution in [2.24, 2.45) is 11.8 Å². The summed E-state index contributed by atoms with van der Waals surface area (Å²) < 4.78 is 0. The molecule has 2 aromatic heterocycles. The molecule has 5 N–H and O–H groups in total. The van der Waals surface area contributed by atoms with E-state index in [1.54, 1.807) is 11.3 Å². The van der Waals surface area contributed by atoms with Gasteiger partial charge < -0.3 is 10.4 Å². The first kappa shape index (κ1) is 15.0. The van der Waals surface area contributed by atoms with Gasteiger partial charge in [-0.05, 0) is 25.3 Å². The molecule has 2 unspecified atom stereocenters. The fourth-order valence-electron chi connectivity index (χ4n) is 1.84. The third-order valence-corrected chi connectivity index (χ3v) is 4.60. The van der Waals surface area contributed by atoms with Gasteiger partial charge in [0.25, 0.3) is 0 Å². The summed E-state index contributed by atoms with van der Waals surface area (Å²) in [6.45, 7) is 6.26. The quantitative estimate of drug-likeness (QED) is 0.480. The Morgan fingerprint density at radius 3 is 2.75 bits per heavy atom. The lowest BCUT2D eigenvalue weighted by molar-refractivity contribution is 0.226. The van der Waals surface area contributed by atoms with E-state index in [4.69, 9.17) is 5.84 Å². The van der Waals surface area contributed by atoms with Crippen LogP contribution in [0.2, 0.25) is 0 Å². The van der Waals surface area contributed by atoms with E-state index >= 15 is 0 Å². The number of anilines is 2. The van der Waals surface area contributed by atoms with Crippen molar-refractivity contribution in [2.75, 3.05) is 17.3 Å². The van der Waals surface area contributed by atoms with Gasteiger partial charge in [0.1, 0.15) is 10.6 Å². The zero-order valence-corrected chi connectivity index (χ0v) is 12.8. The summed E-state index contributed by atoms with van der Waals surface area (Å²) in [6.07, 6.45) is 0.967. The second-order valence-electron chi connectivity index (χ2n) is 4.92. The maximum absolute atomic E-state index is 9.24. The third-order valence-electron chi connectivity index (χ3n) is 3.43. The van der Waals surface area contributed by atoms with Crippen LogP contribution in [0.4, 0.5) is 11.8 Å². The Labute approximate surface area is 122 Å². The fourth-order valence-corrected chi connectivity index (χ4v) is 2.80. The SMILES string of the molecule is CCc1cc2c(NC(C)C(C)CO)nc(NN)nc2s1. The minimum absolute atomic E-state index is 0.105. The number of nitrogens with two attached hydrogens (primary N) is 1. The van der Waals surface area contributed by atoms with Crippen molar-refractivity contribution in [3.63, 3.8) is 0 Å². The van der Waals surface area contributed by atoms with Crippen molar-refractivity contribution in [1.82, 2.24) is 9.97 Å². The highest BCUT2D eigenvalue weighted by Crippen LogP contribution is 2.31. The number of nitrogens with one attached hydrogen (secondary N) is 2. The summed E-state index contributed by atoms with van der Waals surface area (Å²) in [7, 11) is 0. The van der Waals surface area contributed by atoms with E-state index in [0.717, 1.165) is 22.5 Å². The molecule has 0 saturated heterocycles. The lowest BCUT2D eigenvalue weighted by Gasteiger charge is -2.20. The summed E-state index contributed by atoms with van der Waals surface area (Å²) in [4.78, 5) is 10.9. The van der Waals surface area contributed by atoms with E-state index in [-0.39, 0.29) is 18.6 Å². The molecule has 0 saturated carbocycles. The average molecular weight is 295 g/mol. The molecule has 0 spiro atoms. The molecule has 2 aromatic rings. The number of hydrogen-bond donors (Lipinski definition) is 4. The van der Waals surface area contributed by atoms with Crippen molar-refractivity contribution in [1.29, 1.82) is 0 Å². The topological polar surface area (TPSA) is 96.1 Å². The first-order chi connectivity index (χ1) is 9.58. The minimum Gasteiger partial charge on any atom is -0.396 e. The molecule has 0 aliphatic rings. The van der Waals surface area contributed by atoms with Gasteiger partial charge in [0.2, 0.25) is 5.95 Å². The standard InChI is InChI=1S/C13H21N5OS/c1-4-9-5-10-11(15-8(3)7(2)6-19)16-13(18-14)17-12(10)20-9/h5,7-8,19H,4,6,14H2,1-3H3,(H2,15,16,17,18). The molecule has 0 fully saturated rings. The second-order valence-corrected chi connectivity index (χ2v) is 6.03. The Morgan fingerprint density at radius 1 is 1.40 bits per heavy atom. The van der Waals surface area contributed by atoms with E-state index < -0.39 is 0 Å². The number of hydrogen-bond acceptors (Lipinski definition) is 7. The molecule has 2 atom stereocenters. The van der Waals surface area contributed by atoms with Gasteiger partial charge in [-0.1, -0.05) is 13.8 Å². The van der Waals surface area contributed by atoms with Crippen LogP contribution in [0.25, 0.3) is 10.2 Å². The molecule has 0 bridgehead atoms. The lowest BCUT2D eigenvalue weighted by atomic mass is 10.1. The van der Waals surface area contributed by atoms with E-state index in [1.807, 2.05) is 13.8 Å². The highest BCUT2D eigenvalue weighted by molar-refractivity contribution is 7.18. The van der Waals surface area contributed by atoms with Crippen LogP contribution in [-0.4, -0.2) is 27.7 Å². The van der Waals surface area contributed by atoms with Gasteiger partial charge in [-0.2, -0.15) is 4.98 Å². The third kappa shape index (κ3) is 3.00. The number of hydrazine groups is 1. The molecule has 0 radical (unpaired) electrons. The molecule has 20 heavy (non-hydrogen) atoms. The number of rotatable bonds is 6. The summed E-state index contributed by atoms with van der Waals surface area (Å²) in [5.74, 6) is 6.72. The Kier molecular flexibility index (Phi) is 4.74. The second kappa shape index (κ2) is 6.34. The molecular formula is C13H21N5OS. The first-order valence-electron chi connectivity index (χ1n) is 6.73. The summed E-state index contributed by atoms with van der Waals surface area (Å²) in [6, 6.07) is 2.22. The molecular weight excluding hydrogens is 274 g/mol. The average Bonchev–Trinajstić information content (AvgIpc) is 2.89. The van der Waals surface area contributed by atoms with E-state index in [2.05, 4.69) is 33.7 Å². The summed E-state index contributed by atoms with van der Waals surface area (Å²) in [5.41, 5.74) is 2.50. The molecule has 6 nitrogen and oxygen atoms in total. The highest BCUT2D eigenvalue weighted by Gasteiger charge is 2.16. The van der Waals surface area contributed by atoms with Crippen molar-refractivity contribution in [2.45, 2.75) is 33.2 Å². The van der Waals surface area contributed by atoms with E-state index in [1.165, 1.54) is 4.88 Å². The van der Waals surface area contributed by atoms with E-state index in [9.17, 15) is 5.11 Å². The molecule has 0 aromatic carbocycles. The first-order valence-corrected chi connectivity index (χ1v) is 7.55. The zero-order chi connectivity index (χ0) is 14.7. The Hall–Kier alpha value is -1.44.